The summed E-state index contributed by atoms with van der Waals surface area (Å²) in [6.07, 6.45) is 0.891. The maximum Gasteiger partial charge on any atom is 0.307 e. The van der Waals surface area contributed by atoms with E-state index in [1.165, 1.54) is 0 Å². The van der Waals surface area contributed by atoms with Gasteiger partial charge in [-0.05, 0) is 32.4 Å². The average Bonchev–Trinajstić information content (AvgIpc) is 3.13. The Labute approximate surface area is 134 Å². The molecule has 1 aliphatic heterocycles. The van der Waals surface area contributed by atoms with Gasteiger partial charge in [0.1, 0.15) is 0 Å². The molecule has 6 nitrogen and oxygen atoms in total. The predicted molar refractivity (Wildman–Crippen MR) is 84.7 cm³/mol. The number of carbonyl (C=O) groups is 1. The van der Waals surface area contributed by atoms with Gasteiger partial charge in [-0.2, -0.15) is 5.26 Å². The zero-order valence-corrected chi connectivity index (χ0v) is 13.1. The van der Waals surface area contributed by atoms with Gasteiger partial charge in [0.2, 0.25) is 0 Å². The van der Waals surface area contributed by atoms with Crippen molar-refractivity contribution in [1.82, 2.24) is 15.6 Å². The van der Waals surface area contributed by atoms with Gasteiger partial charge >= 0.3 is 5.91 Å². The number of hydrogen-bond donors (Lipinski definition) is 2. The standard InChI is InChI=1S/C17H18N4O2/c1-10-6-14(9-19-10)21-16(22)17-20-11(2)15(23-17)13-5-3-4-12(7-13)8-18/h3-5,7,10,14,19H,6,9H2,1-2H3,(H,21,22)/t10-,14-/m1/s1. The first-order valence-electron chi connectivity index (χ1n) is 7.59. The molecule has 0 radical (unpaired) electrons. The molecule has 0 bridgehead atoms. The van der Waals surface area contributed by atoms with E-state index in [2.05, 4.69) is 28.6 Å². The van der Waals surface area contributed by atoms with E-state index in [1.807, 2.05) is 6.07 Å². The molecule has 6 heteroatoms. The van der Waals surface area contributed by atoms with E-state index < -0.39 is 0 Å². The van der Waals surface area contributed by atoms with Crippen LogP contribution in [0.5, 0.6) is 0 Å². The van der Waals surface area contributed by atoms with E-state index in [9.17, 15) is 4.79 Å². The van der Waals surface area contributed by atoms with Crippen molar-refractivity contribution in [2.75, 3.05) is 6.54 Å². The Morgan fingerprint density at radius 2 is 2.35 bits per heavy atom. The Balaban J connectivity index is 1.80. The number of aryl methyl sites for hydroxylation is 1. The summed E-state index contributed by atoms with van der Waals surface area (Å²) < 4.78 is 5.65. The molecule has 2 heterocycles. The molecule has 3 rings (SSSR count). The van der Waals surface area contributed by atoms with Crippen molar-refractivity contribution in [3.63, 3.8) is 0 Å². The summed E-state index contributed by atoms with van der Waals surface area (Å²) >= 11 is 0. The Hall–Kier alpha value is -2.65. The van der Waals surface area contributed by atoms with Crippen molar-refractivity contribution in [3.8, 4) is 17.4 Å². The largest absolute Gasteiger partial charge is 0.432 e. The van der Waals surface area contributed by atoms with Crippen molar-refractivity contribution < 1.29 is 9.21 Å². The third-order valence-corrected chi connectivity index (χ3v) is 3.93. The van der Waals surface area contributed by atoms with Crippen LogP contribution in [0.25, 0.3) is 11.3 Å². The minimum Gasteiger partial charge on any atom is -0.432 e. The highest BCUT2D eigenvalue weighted by atomic mass is 16.4. The zero-order chi connectivity index (χ0) is 16.4. The number of rotatable bonds is 3. The van der Waals surface area contributed by atoms with Gasteiger partial charge in [0.15, 0.2) is 5.76 Å². The highest BCUT2D eigenvalue weighted by molar-refractivity contribution is 5.90. The van der Waals surface area contributed by atoms with E-state index >= 15 is 0 Å². The van der Waals surface area contributed by atoms with Crippen LogP contribution in [0.1, 0.15) is 35.3 Å². The number of amides is 1. The number of aromatic nitrogens is 1. The molecule has 2 atom stereocenters. The van der Waals surface area contributed by atoms with Crippen molar-refractivity contribution in [2.24, 2.45) is 0 Å². The summed E-state index contributed by atoms with van der Waals surface area (Å²) in [5, 5.41) is 15.2. The second-order valence-electron chi connectivity index (χ2n) is 5.84. The maximum absolute atomic E-state index is 12.3. The number of carbonyl (C=O) groups excluding carboxylic acids is 1. The van der Waals surface area contributed by atoms with Crippen molar-refractivity contribution >= 4 is 5.91 Å². The van der Waals surface area contributed by atoms with Crippen molar-refractivity contribution in [1.29, 1.82) is 5.26 Å². The first-order chi connectivity index (χ1) is 11.1. The van der Waals surface area contributed by atoms with Crippen LogP contribution in [0.3, 0.4) is 0 Å². The lowest BCUT2D eigenvalue weighted by atomic mass is 10.1. The van der Waals surface area contributed by atoms with Gasteiger partial charge in [0.25, 0.3) is 5.89 Å². The maximum atomic E-state index is 12.3. The highest BCUT2D eigenvalue weighted by Gasteiger charge is 2.25. The molecule has 1 fully saturated rings. The minimum atomic E-state index is -0.309. The first-order valence-corrected chi connectivity index (χ1v) is 7.59. The quantitative estimate of drug-likeness (QED) is 0.905. The molecule has 1 amide bonds. The Morgan fingerprint density at radius 3 is 3.04 bits per heavy atom. The molecule has 2 aromatic rings. The van der Waals surface area contributed by atoms with E-state index in [-0.39, 0.29) is 17.8 Å². The molecular formula is C17H18N4O2. The summed E-state index contributed by atoms with van der Waals surface area (Å²) in [5.41, 5.74) is 1.91. The summed E-state index contributed by atoms with van der Waals surface area (Å²) in [5.74, 6) is 0.265. The molecule has 0 unspecified atom stereocenters. The van der Waals surface area contributed by atoms with Crippen LogP contribution in [0.15, 0.2) is 28.7 Å². The second kappa shape index (κ2) is 6.23. The van der Waals surface area contributed by atoms with Crippen LogP contribution in [0.2, 0.25) is 0 Å². The average molecular weight is 310 g/mol. The summed E-state index contributed by atoms with van der Waals surface area (Å²) in [6.45, 7) is 4.62. The lowest BCUT2D eigenvalue weighted by molar-refractivity contribution is 0.0905. The zero-order valence-electron chi connectivity index (χ0n) is 13.1. The summed E-state index contributed by atoms with van der Waals surface area (Å²) in [4.78, 5) is 16.5. The molecule has 1 aromatic heterocycles. The summed E-state index contributed by atoms with van der Waals surface area (Å²) in [6, 6.07) is 9.63. The van der Waals surface area contributed by atoms with Crippen LogP contribution in [0.4, 0.5) is 0 Å². The minimum absolute atomic E-state index is 0.0550. The molecule has 0 saturated carbocycles. The monoisotopic (exact) mass is 310 g/mol. The molecule has 0 spiro atoms. The van der Waals surface area contributed by atoms with Crippen LogP contribution in [-0.4, -0.2) is 29.5 Å². The smallest absolute Gasteiger partial charge is 0.307 e. The van der Waals surface area contributed by atoms with Gasteiger partial charge < -0.3 is 15.1 Å². The third kappa shape index (κ3) is 3.25. The SMILES string of the molecule is Cc1nc(C(=O)N[C@H]2CN[C@H](C)C2)oc1-c1cccc(C#N)c1. The molecule has 118 valence electrons. The van der Waals surface area contributed by atoms with E-state index in [4.69, 9.17) is 9.68 Å². The predicted octanol–water partition coefficient (Wildman–Crippen LogP) is 2.00. The molecule has 1 aliphatic rings. The molecule has 0 aliphatic carbocycles. The van der Waals surface area contributed by atoms with Gasteiger partial charge in [-0.1, -0.05) is 12.1 Å². The number of nitrogens with one attached hydrogen (secondary N) is 2. The van der Waals surface area contributed by atoms with E-state index in [1.54, 1.807) is 25.1 Å². The van der Waals surface area contributed by atoms with Crippen LogP contribution in [0, 0.1) is 18.3 Å². The van der Waals surface area contributed by atoms with Gasteiger partial charge in [0.05, 0.1) is 17.3 Å². The fourth-order valence-electron chi connectivity index (χ4n) is 2.79. The van der Waals surface area contributed by atoms with Crippen molar-refractivity contribution in [2.45, 2.75) is 32.4 Å². The Morgan fingerprint density at radius 1 is 1.52 bits per heavy atom. The van der Waals surface area contributed by atoms with E-state index in [0.29, 0.717) is 23.1 Å². The summed E-state index contributed by atoms with van der Waals surface area (Å²) in [7, 11) is 0. The molecule has 1 saturated heterocycles. The van der Waals surface area contributed by atoms with Gasteiger partial charge in [-0.25, -0.2) is 4.98 Å². The first kappa shape index (κ1) is 15.3. The second-order valence-corrected chi connectivity index (χ2v) is 5.84. The normalized spacial score (nSPS) is 20.2. The van der Waals surface area contributed by atoms with Crippen LogP contribution < -0.4 is 10.6 Å². The third-order valence-electron chi connectivity index (χ3n) is 3.93. The van der Waals surface area contributed by atoms with Gasteiger partial charge in [-0.3, -0.25) is 4.79 Å². The molecule has 1 aromatic carbocycles. The Kier molecular flexibility index (Phi) is 4.13. The fraction of sp³-hybridized carbons (Fsp3) is 0.353. The van der Waals surface area contributed by atoms with Gasteiger partial charge in [-0.15, -0.1) is 0 Å². The molecule has 23 heavy (non-hydrogen) atoms. The molecular weight excluding hydrogens is 292 g/mol. The van der Waals surface area contributed by atoms with E-state index in [0.717, 1.165) is 18.5 Å². The van der Waals surface area contributed by atoms with Crippen molar-refractivity contribution in [3.05, 3.63) is 41.4 Å². The lowest BCUT2D eigenvalue weighted by Crippen LogP contribution is -2.36. The lowest BCUT2D eigenvalue weighted by Gasteiger charge is -2.09. The number of nitrogens with zero attached hydrogens (tertiary/aromatic N) is 2. The number of benzene rings is 1. The topological polar surface area (TPSA) is 90.9 Å². The highest BCUT2D eigenvalue weighted by Crippen LogP contribution is 2.25. The number of hydrogen-bond acceptors (Lipinski definition) is 5. The molecule has 2 N–H and O–H groups in total. The van der Waals surface area contributed by atoms with Crippen LogP contribution >= 0.6 is 0 Å². The van der Waals surface area contributed by atoms with Gasteiger partial charge in [0, 0.05) is 24.2 Å². The number of oxazole rings is 1. The number of nitriles is 1. The fourth-order valence-corrected chi connectivity index (χ4v) is 2.79. The Bertz CT molecular complexity index is 775. The van der Waals surface area contributed by atoms with Crippen LogP contribution in [-0.2, 0) is 0 Å².